The van der Waals surface area contributed by atoms with Crippen LogP contribution >= 0.6 is 0 Å². The minimum atomic E-state index is -4.40. The van der Waals surface area contributed by atoms with E-state index in [0.29, 0.717) is 30.9 Å². The topological polar surface area (TPSA) is 93.7 Å². The van der Waals surface area contributed by atoms with Gasteiger partial charge in [0.05, 0.1) is 29.8 Å². The molecule has 1 aliphatic carbocycles. The lowest BCUT2D eigenvalue weighted by Gasteiger charge is -2.38. The number of piperidine rings is 1. The van der Waals surface area contributed by atoms with E-state index in [4.69, 9.17) is 5.73 Å². The molecule has 1 saturated carbocycles. The molecule has 10 heteroatoms. The SMILES string of the molecule is CC(c1ccc(C(F)(F)F)cc1)N1C(=O)[C@@H]2C[C@H]1CN2CC(N)C(=O)N1C(C#N)C[C@@H]2C[C@@H]21. The lowest BCUT2D eigenvalue weighted by atomic mass is 10.0. The molecule has 0 spiro atoms. The Morgan fingerprint density at radius 3 is 2.55 bits per heavy atom. The summed E-state index contributed by atoms with van der Waals surface area (Å²) in [4.78, 5) is 31.4. The zero-order valence-corrected chi connectivity index (χ0v) is 18.2. The van der Waals surface area contributed by atoms with Crippen molar-refractivity contribution in [3.8, 4) is 6.07 Å². The van der Waals surface area contributed by atoms with Crippen LogP contribution in [0.4, 0.5) is 13.2 Å². The highest BCUT2D eigenvalue weighted by Crippen LogP contribution is 2.48. The molecule has 2 N–H and O–H groups in total. The Hall–Kier alpha value is -2.64. The van der Waals surface area contributed by atoms with Gasteiger partial charge >= 0.3 is 6.18 Å². The molecule has 1 aromatic carbocycles. The van der Waals surface area contributed by atoms with Gasteiger partial charge in [0, 0.05) is 25.2 Å². The predicted molar refractivity (Wildman–Crippen MR) is 111 cm³/mol. The fraction of sp³-hybridized carbons (Fsp3) is 0.609. The number of likely N-dealkylation sites (tertiary alicyclic amines) is 3. The maximum atomic E-state index is 13.1. The van der Waals surface area contributed by atoms with Crippen LogP contribution in [-0.2, 0) is 15.8 Å². The zero-order valence-electron chi connectivity index (χ0n) is 18.2. The molecule has 0 aromatic heterocycles. The Morgan fingerprint density at radius 2 is 1.94 bits per heavy atom. The van der Waals surface area contributed by atoms with Crippen molar-refractivity contribution in [2.75, 3.05) is 13.1 Å². The Labute approximate surface area is 189 Å². The molecule has 2 amide bonds. The van der Waals surface area contributed by atoms with Crippen LogP contribution in [0.15, 0.2) is 24.3 Å². The summed E-state index contributed by atoms with van der Waals surface area (Å²) >= 11 is 0. The molecule has 0 radical (unpaired) electrons. The van der Waals surface area contributed by atoms with Crippen molar-refractivity contribution in [3.63, 3.8) is 0 Å². The molecule has 3 unspecified atom stereocenters. The molecular formula is C23H26F3N5O2. The summed E-state index contributed by atoms with van der Waals surface area (Å²) in [6.07, 6.45) is -2.15. The highest BCUT2D eigenvalue weighted by molar-refractivity contribution is 5.87. The summed E-state index contributed by atoms with van der Waals surface area (Å²) in [7, 11) is 0. The van der Waals surface area contributed by atoms with Gasteiger partial charge in [-0.3, -0.25) is 14.5 Å². The summed E-state index contributed by atoms with van der Waals surface area (Å²) in [5, 5.41) is 9.34. The molecule has 3 aliphatic heterocycles. The van der Waals surface area contributed by atoms with Crippen molar-refractivity contribution < 1.29 is 22.8 Å². The number of piperazine rings is 1. The molecule has 3 heterocycles. The maximum Gasteiger partial charge on any atom is 0.416 e. The number of amides is 2. The average Bonchev–Trinajstić information content (AvgIpc) is 3.11. The van der Waals surface area contributed by atoms with Crippen molar-refractivity contribution in [3.05, 3.63) is 35.4 Å². The van der Waals surface area contributed by atoms with E-state index in [1.54, 1.807) is 9.80 Å². The number of benzene rings is 1. The number of nitriles is 1. The molecule has 3 saturated heterocycles. The molecule has 7 nitrogen and oxygen atoms in total. The highest BCUT2D eigenvalue weighted by atomic mass is 19.4. The van der Waals surface area contributed by atoms with Gasteiger partial charge in [-0.05, 0) is 49.8 Å². The lowest BCUT2D eigenvalue weighted by molar-refractivity contribution is -0.141. The van der Waals surface area contributed by atoms with Crippen LogP contribution in [0.25, 0.3) is 0 Å². The van der Waals surface area contributed by atoms with Gasteiger partial charge in [0.1, 0.15) is 6.04 Å². The molecule has 7 atom stereocenters. The van der Waals surface area contributed by atoms with E-state index in [1.807, 2.05) is 11.8 Å². The molecule has 2 bridgehead atoms. The Bertz CT molecular complexity index is 1010. The van der Waals surface area contributed by atoms with Crippen LogP contribution in [-0.4, -0.2) is 69.8 Å². The van der Waals surface area contributed by atoms with E-state index < -0.39 is 23.8 Å². The third-order valence-corrected chi connectivity index (χ3v) is 7.71. The first-order valence-electron chi connectivity index (χ1n) is 11.3. The molecule has 4 aliphatic rings. The normalized spacial score (nSPS) is 32.6. The van der Waals surface area contributed by atoms with E-state index in [9.17, 15) is 28.0 Å². The molecule has 33 heavy (non-hydrogen) atoms. The third-order valence-electron chi connectivity index (χ3n) is 7.71. The second kappa shape index (κ2) is 7.71. The average molecular weight is 461 g/mol. The van der Waals surface area contributed by atoms with Crippen molar-refractivity contribution in [2.24, 2.45) is 11.7 Å². The van der Waals surface area contributed by atoms with E-state index in [0.717, 1.165) is 18.6 Å². The van der Waals surface area contributed by atoms with Crippen LogP contribution in [0.3, 0.4) is 0 Å². The minimum absolute atomic E-state index is 0.0754. The van der Waals surface area contributed by atoms with E-state index in [1.165, 1.54) is 12.1 Å². The fourth-order valence-corrected chi connectivity index (χ4v) is 5.92. The lowest BCUT2D eigenvalue weighted by Crippen LogP contribution is -2.57. The number of nitrogens with zero attached hydrogens (tertiary/aromatic N) is 4. The van der Waals surface area contributed by atoms with E-state index in [-0.39, 0.29) is 42.5 Å². The number of carbonyl (C=O) groups is 2. The van der Waals surface area contributed by atoms with Gasteiger partial charge < -0.3 is 15.5 Å². The number of hydrogen-bond donors (Lipinski definition) is 1. The molecule has 5 rings (SSSR count). The van der Waals surface area contributed by atoms with Gasteiger partial charge in [0.25, 0.3) is 0 Å². The summed E-state index contributed by atoms with van der Waals surface area (Å²) in [5.74, 6) is 0.101. The molecular weight excluding hydrogens is 435 g/mol. The van der Waals surface area contributed by atoms with Gasteiger partial charge in [-0.25, -0.2) is 0 Å². The standard InChI is InChI=1S/C23H26F3N5O2/c1-12(13-2-4-15(5-3-13)23(24,25)26)30-17-8-20(22(30)33)29(10-17)11-18(28)21(32)31-16(9-27)6-14-7-19(14)31/h2-5,12,14,16-20H,6-8,10-11,28H2,1H3/t12?,14-,16?,17+,18?,19+,20+/m1/s1. The van der Waals surface area contributed by atoms with Gasteiger partial charge in [-0.15, -0.1) is 0 Å². The molecule has 4 fully saturated rings. The number of fused-ring (bicyclic) bond motifs is 3. The summed E-state index contributed by atoms with van der Waals surface area (Å²) in [5.41, 5.74) is 6.16. The smallest absolute Gasteiger partial charge is 0.330 e. The third kappa shape index (κ3) is 3.67. The number of alkyl halides is 3. The van der Waals surface area contributed by atoms with Crippen LogP contribution in [0, 0.1) is 17.2 Å². The van der Waals surface area contributed by atoms with E-state index in [2.05, 4.69) is 6.07 Å². The first kappa shape index (κ1) is 22.2. The van der Waals surface area contributed by atoms with Gasteiger partial charge in [0.2, 0.25) is 11.8 Å². The number of halogens is 3. The van der Waals surface area contributed by atoms with Crippen LogP contribution in [0.1, 0.15) is 43.4 Å². The summed E-state index contributed by atoms with van der Waals surface area (Å²) in [6.45, 7) is 2.64. The van der Waals surface area contributed by atoms with Gasteiger partial charge in [-0.2, -0.15) is 18.4 Å². The number of rotatable bonds is 5. The van der Waals surface area contributed by atoms with Gasteiger partial charge in [0.15, 0.2) is 0 Å². The summed E-state index contributed by atoms with van der Waals surface area (Å²) < 4.78 is 38.6. The van der Waals surface area contributed by atoms with Crippen LogP contribution < -0.4 is 5.73 Å². The van der Waals surface area contributed by atoms with Crippen molar-refractivity contribution in [2.45, 2.75) is 68.6 Å². The summed E-state index contributed by atoms with van der Waals surface area (Å²) in [6, 6.07) is 5.23. The number of nitrogens with two attached hydrogens (primary N) is 1. The largest absolute Gasteiger partial charge is 0.416 e. The highest BCUT2D eigenvalue weighted by Gasteiger charge is 2.56. The van der Waals surface area contributed by atoms with Crippen LogP contribution in [0.5, 0.6) is 0 Å². The number of hydrogen-bond acceptors (Lipinski definition) is 5. The quantitative estimate of drug-likeness (QED) is 0.723. The van der Waals surface area contributed by atoms with Gasteiger partial charge in [-0.1, -0.05) is 12.1 Å². The second-order valence-electron chi connectivity index (χ2n) is 9.70. The van der Waals surface area contributed by atoms with Crippen molar-refractivity contribution >= 4 is 11.8 Å². The first-order chi connectivity index (χ1) is 15.6. The number of carbonyl (C=O) groups excluding carboxylic acids is 2. The monoisotopic (exact) mass is 461 g/mol. The predicted octanol–water partition coefficient (Wildman–Crippen LogP) is 1.89. The zero-order chi connectivity index (χ0) is 23.7. The Balaban J connectivity index is 1.22. The molecule has 1 aromatic rings. The van der Waals surface area contributed by atoms with Crippen molar-refractivity contribution in [1.82, 2.24) is 14.7 Å². The van der Waals surface area contributed by atoms with Crippen LogP contribution in [0.2, 0.25) is 0 Å². The fourth-order valence-electron chi connectivity index (χ4n) is 5.92. The second-order valence-corrected chi connectivity index (χ2v) is 9.70. The van der Waals surface area contributed by atoms with E-state index >= 15 is 0 Å². The Morgan fingerprint density at radius 1 is 1.24 bits per heavy atom. The molecule has 176 valence electrons. The minimum Gasteiger partial charge on any atom is -0.330 e. The Kier molecular flexibility index (Phi) is 5.18. The van der Waals surface area contributed by atoms with Crippen molar-refractivity contribution in [1.29, 1.82) is 5.26 Å². The first-order valence-corrected chi connectivity index (χ1v) is 11.3. The maximum absolute atomic E-state index is 13.1.